The Labute approximate surface area is 179 Å². The molecule has 5 rings (SSSR count). The first-order chi connectivity index (χ1) is 15.1. The minimum absolute atomic E-state index is 0.0745. The fourth-order valence-electron chi connectivity index (χ4n) is 3.11. The summed E-state index contributed by atoms with van der Waals surface area (Å²) in [5.74, 6) is 0.719. The van der Waals surface area contributed by atoms with Gasteiger partial charge in [0.05, 0.1) is 10.6 Å². The van der Waals surface area contributed by atoms with Crippen molar-refractivity contribution in [3.8, 4) is 28.5 Å². The number of nitro groups is 1. The number of H-pyrrole nitrogens is 1. The second kappa shape index (κ2) is 7.61. The highest BCUT2D eigenvalue weighted by molar-refractivity contribution is 7.16. The maximum Gasteiger partial charge on any atom is 0.311 e. The Hall–Kier alpha value is -4.12. The molecule has 0 aliphatic carbocycles. The van der Waals surface area contributed by atoms with E-state index in [1.54, 1.807) is 23.6 Å². The van der Waals surface area contributed by atoms with Gasteiger partial charge >= 0.3 is 5.69 Å². The fraction of sp³-hybridized carbons (Fsp3) is 0.100. The van der Waals surface area contributed by atoms with Gasteiger partial charge in [0.15, 0.2) is 10.8 Å². The van der Waals surface area contributed by atoms with Crippen LogP contribution in [0.5, 0.6) is 5.75 Å². The molecule has 5 aromatic rings. The summed E-state index contributed by atoms with van der Waals surface area (Å²) in [6.45, 7) is 1.87. The quantitative estimate of drug-likeness (QED) is 0.316. The second-order valence-electron chi connectivity index (χ2n) is 6.76. The van der Waals surface area contributed by atoms with E-state index in [1.165, 1.54) is 17.4 Å². The predicted octanol–water partition coefficient (Wildman–Crippen LogP) is 4.04. The van der Waals surface area contributed by atoms with Crippen molar-refractivity contribution in [2.75, 3.05) is 0 Å². The molecule has 11 heteroatoms. The van der Waals surface area contributed by atoms with Gasteiger partial charge in [-0.25, -0.2) is 0 Å². The van der Waals surface area contributed by atoms with Gasteiger partial charge in [-0.15, -0.1) is 10.2 Å². The molecule has 1 N–H and O–H groups in total. The van der Waals surface area contributed by atoms with Crippen LogP contribution in [-0.2, 0) is 6.61 Å². The molecule has 0 spiro atoms. The molecule has 0 unspecified atom stereocenters. The standard InChI is InChI=1S/C20H15N7O3S/c1-12-7-8-17(16(9-12)27(28)29)30-11-18-25-26-19(23-24-20(26)31-18)15-10-14(21-22-15)13-5-3-2-4-6-13/h2-10H,11H2,1H3,(H,21,22). The van der Waals surface area contributed by atoms with Crippen LogP contribution in [-0.4, -0.2) is 34.9 Å². The van der Waals surface area contributed by atoms with Crippen molar-refractivity contribution in [3.63, 3.8) is 0 Å². The molecule has 0 aliphatic heterocycles. The summed E-state index contributed by atoms with van der Waals surface area (Å²) < 4.78 is 7.28. The van der Waals surface area contributed by atoms with E-state index >= 15 is 0 Å². The maximum atomic E-state index is 11.3. The van der Waals surface area contributed by atoms with E-state index in [0.29, 0.717) is 21.5 Å². The topological polar surface area (TPSA) is 124 Å². The Bertz CT molecular complexity index is 1390. The molecule has 0 saturated carbocycles. The summed E-state index contributed by atoms with van der Waals surface area (Å²) in [6, 6.07) is 16.5. The van der Waals surface area contributed by atoms with Crippen molar-refractivity contribution < 1.29 is 9.66 Å². The molecule has 2 aromatic carbocycles. The van der Waals surface area contributed by atoms with Crippen LogP contribution < -0.4 is 4.74 Å². The lowest BCUT2D eigenvalue weighted by Crippen LogP contribution is -2.00. The molecule has 0 bridgehead atoms. The third-order valence-electron chi connectivity index (χ3n) is 4.58. The number of aromatic nitrogens is 6. The summed E-state index contributed by atoms with van der Waals surface area (Å²) >= 11 is 1.30. The smallest absolute Gasteiger partial charge is 0.311 e. The highest BCUT2D eigenvalue weighted by atomic mass is 32.1. The summed E-state index contributed by atoms with van der Waals surface area (Å²) in [6.07, 6.45) is 0. The minimum atomic E-state index is -0.457. The Morgan fingerprint density at radius 3 is 2.81 bits per heavy atom. The molecule has 3 aromatic heterocycles. The second-order valence-corrected chi connectivity index (χ2v) is 7.80. The van der Waals surface area contributed by atoms with Gasteiger partial charge in [0.1, 0.15) is 12.3 Å². The largest absolute Gasteiger partial charge is 0.479 e. The zero-order chi connectivity index (χ0) is 21.4. The molecular formula is C20H15N7O3S. The normalized spacial score (nSPS) is 11.1. The molecular weight excluding hydrogens is 418 g/mol. The Morgan fingerprint density at radius 2 is 2.00 bits per heavy atom. The molecule has 154 valence electrons. The number of nitrogens with zero attached hydrogens (tertiary/aromatic N) is 6. The number of rotatable bonds is 6. The third-order valence-corrected chi connectivity index (χ3v) is 5.46. The first-order valence-corrected chi connectivity index (χ1v) is 10.1. The number of aryl methyl sites for hydroxylation is 1. The van der Waals surface area contributed by atoms with E-state index in [0.717, 1.165) is 16.8 Å². The lowest BCUT2D eigenvalue weighted by atomic mass is 10.1. The van der Waals surface area contributed by atoms with Gasteiger partial charge in [-0.2, -0.15) is 14.7 Å². The molecule has 0 radical (unpaired) electrons. The molecule has 0 saturated heterocycles. The SMILES string of the molecule is Cc1ccc(OCc2nn3c(-c4cc(-c5ccccc5)n[nH]4)nnc3s2)c([N+](=O)[O-])c1. The van der Waals surface area contributed by atoms with Crippen molar-refractivity contribution in [2.45, 2.75) is 13.5 Å². The van der Waals surface area contributed by atoms with E-state index in [-0.39, 0.29) is 18.0 Å². The van der Waals surface area contributed by atoms with Crippen molar-refractivity contribution in [1.82, 2.24) is 30.0 Å². The average Bonchev–Trinajstić information content (AvgIpc) is 3.49. The van der Waals surface area contributed by atoms with Crippen LogP contribution in [0.3, 0.4) is 0 Å². The van der Waals surface area contributed by atoms with Crippen molar-refractivity contribution in [2.24, 2.45) is 0 Å². The van der Waals surface area contributed by atoms with Gasteiger partial charge in [0.25, 0.3) is 0 Å². The number of benzene rings is 2. The zero-order valence-corrected chi connectivity index (χ0v) is 17.0. The van der Waals surface area contributed by atoms with Crippen LogP contribution in [0, 0.1) is 17.0 Å². The van der Waals surface area contributed by atoms with Gasteiger partial charge in [0.2, 0.25) is 10.8 Å². The first-order valence-electron chi connectivity index (χ1n) is 9.28. The van der Waals surface area contributed by atoms with Crippen LogP contribution in [0.15, 0.2) is 54.6 Å². The third kappa shape index (κ3) is 3.62. The van der Waals surface area contributed by atoms with Crippen LogP contribution in [0.2, 0.25) is 0 Å². The van der Waals surface area contributed by atoms with Crippen LogP contribution in [0.4, 0.5) is 5.69 Å². The molecule has 10 nitrogen and oxygen atoms in total. The van der Waals surface area contributed by atoms with Gasteiger partial charge < -0.3 is 4.74 Å². The molecule has 0 amide bonds. The van der Waals surface area contributed by atoms with Crippen molar-refractivity contribution in [1.29, 1.82) is 0 Å². The van der Waals surface area contributed by atoms with E-state index < -0.39 is 4.92 Å². The van der Waals surface area contributed by atoms with E-state index in [2.05, 4.69) is 25.5 Å². The Morgan fingerprint density at radius 1 is 1.16 bits per heavy atom. The zero-order valence-electron chi connectivity index (χ0n) is 16.2. The van der Waals surface area contributed by atoms with E-state index in [4.69, 9.17) is 4.74 Å². The number of aromatic amines is 1. The average molecular weight is 433 g/mol. The fourth-order valence-corrected chi connectivity index (χ4v) is 3.85. The maximum absolute atomic E-state index is 11.3. The molecule has 31 heavy (non-hydrogen) atoms. The van der Waals surface area contributed by atoms with E-state index in [1.807, 2.05) is 36.4 Å². The molecule has 3 heterocycles. The Kier molecular flexibility index (Phi) is 4.64. The number of nitro benzene ring substituents is 1. The van der Waals surface area contributed by atoms with Gasteiger partial charge in [0, 0.05) is 11.6 Å². The summed E-state index contributed by atoms with van der Waals surface area (Å²) in [5, 5.41) is 32.1. The monoisotopic (exact) mass is 433 g/mol. The van der Waals surface area contributed by atoms with E-state index in [9.17, 15) is 10.1 Å². The number of nitrogens with one attached hydrogen (secondary N) is 1. The minimum Gasteiger partial charge on any atom is -0.479 e. The van der Waals surface area contributed by atoms with Crippen LogP contribution in [0.1, 0.15) is 10.6 Å². The molecule has 0 aliphatic rings. The number of hydrogen-bond donors (Lipinski definition) is 1. The highest BCUT2D eigenvalue weighted by Crippen LogP contribution is 2.29. The predicted molar refractivity (Wildman–Crippen MR) is 114 cm³/mol. The van der Waals surface area contributed by atoms with Gasteiger partial charge in [-0.3, -0.25) is 15.2 Å². The lowest BCUT2D eigenvalue weighted by molar-refractivity contribution is -0.386. The summed E-state index contributed by atoms with van der Waals surface area (Å²) in [7, 11) is 0. The lowest BCUT2D eigenvalue weighted by Gasteiger charge is -2.05. The molecule has 0 atom stereocenters. The number of ether oxygens (including phenoxy) is 1. The summed E-state index contributed by atoms with van der Waals surface area (Å²) in [4.78, 5) is 11.4. The number of fused-ring (bicyclic) bond motifs is 1. The first kappa shape index (κ1) is 18.9. The highest BCUT2D eigenvalue weighted by Gasteiger charge is 2.18. The number of hydrogen-bond acceptors (Lipinski definition) is 8. The van der Waals surface area contributed by atoms with Gasteiger partial charge in [-0.05, 0) is 24.6 Å². The van der Waals surface area contributed by atoms with Crippen LogP contribution >= 0.6 is 11.3 Å². The van der Waals surface area contributed by atoms with Gasteiger partial charge in [-0.1, -0.05) is 47.7 Å². The molecule has 0 fully saturated rings. The Balaban J connectivity index is 1.40. The van der Waals surface area contributed by atoms with Crippen molar-refractivity contribution in [3.05, 3.63) is 75.3 Å². The van der Waals surface area contributed by atoms with Crippen molar-refractivity contribution >= 4 is 22.0 Å². The summed E-state index contributed by atoms with van der Waals surface area (Å²) in [5.41, 5.74) is 3.17. The van der Waals surface area contributed by atoms with Crippen LogP contribution in [0.25, 0.3) is 27.7 Å².